The van der Waals surface area contributed by atoms with E-state index in [9.17, 15) is 0 Å². The summed E-state index contributed by atoms with van der Waals surface area (Å²) in [5, 5.41) is 4.67. The number of benzene rings is 1. The first-order valence-electron chi connectivity index (χ1n) is 5.62. The van der Waals surface area contributed by atoms with E-state index in [0.717, 1.165) is 29.8 Å². The third kappa shape index (κ3) is 1.83. The molecule has 0 aliphatic heterocycles. The van der Waals surface area contributed by atoms with Crippen LogP contribution in [0.2, 0.25) is 5.02 Å². The van der Waals surface area contributed by atoms with Gasteiger partial charge in [0.2, 0.25) is 11.7 Å². The van der Waals surface area contributed by atoms with Gasteiger partial charge in [0, 0.05) is 10.6 Å². The van der Waals surface area contributed by atoms with Crippen molar-refractivity contribution < 1.29 is 4.52 Å². The van der Waals surface area contributed by atoms with E-state index in [1.54, 1.807) is 0 Å². The summed E-state index contributed by atoms with van der Waals surface area (Å²) in [6, 6.07) is 3.92. The van der Waals surface area contributed by atoms with Crippen molar-refractivity contribution in [3.8, 4) is 11.4 Å². The van der Waals surface area contributed by atoms with Gasteiger partial charge in [-0.1, -0.05) is 16.8 Å². The van der Waals surface area contributed by atoms with Gasteiger partial charge in [-0.05, 0) is 42.5 Å². The first kappa shape index (κ1) is 10.7. The predicted octanol–water partition coefficient (Wildman–Crippen LogP) is 2.34. The Morgan fingerprint density at radius 1 is 1.35 bits per heavy atom. The van der Waals surface area contributed by atoms with Gasteiger partial charge in [0.1, 0.15) is 0 Å². The number of hydrogen-bond acceptors (Lipinski definition) is 4. The van der Waals surface area contributed by atoms with Crippen molar-refractivity contribution in [3.63, 3.8) is 0 Å². The van der Waals surface area contributed by atoms with Gasteiger partial charge in [0.15, 0.2) is 0 Å². The second-order valence-corrected chi connectivity index (χ2v) is 4.60. The monoisotopic (exact) mass is 249 g/mol. The highest BCUT2D eigenvalue weighted by atomic mass is 35.5. The van der Waals surface area contributed by atoms with Gasteiger partial charge in [-0.3, -0.25) is 0 Å². The zero-order chi connectivity index (χ0) is 11.8. The maximum Gasteiger partial charge on any atom is 0.240 e. The van der Waals surface area contributed by atoms with Crippen molar-refractivity contribution in [2.24, 2.45) is 5.73 Å². The number of hydrogen-bond donors (Lipinski definition) is 1. The third-order valence-electron chi connectivity index (χ3n) is 3.06. The van der Waals surface area contributed by atoms with Crippen LogP contribution in [-0.4, -0.2) is 10.1 Å². The average molecular weight is 250 g/mol. The molecule has 1 aromatic heterocycles. The van der Waals surface area contributed by atoms with Crippen molar-refractivity contribution in [2.75, 3.05) is 0 Å². The van der Waals surface area contributed by atoms with Crippen LogP contribution >= 0.6 is 11.6 Å². The second kappa shape index (κ2) is 4.13. The van der Waals surface area contributed by atoms with E-state index in [-0.39, 0.29) is 6.54 Å². The van der Waals surface area contributed by atoms with Gasteiger partial charge in [-0.15, -0.1) is 0 Å². The van der Waals surface area contributed by atoms with Crippen molar-refractivity contribution in [2.45, 2.75) is 25.8 Å². The Bertz CT molecular complexity index is 565. The first-order valence-corrected chi connectivity index (χ1v) is 6.00. The van der Waals surface area contributed by atoms with Crippen LogP contribution in [0.25, 0.3) is 11.4 Å². The van der Waals surface area contributed by atoms with Crippen LogP contribution in [0.3, 0.4) is 0 Å². The Hall–Kier alpha value is -1.39. The minimum absolute atomic E-state index is 0.260. The molecule has 0 saturated carbocycles. The Balaban J connectivity index is 2.13. The summed E-state index contributed by atoms with van der Waals surface area (Å²) in [7, 11) is 0. The van der Waals surface area contributed by atoms with Gasteiger partial charge in [0.25, 0.3) is 0 Å². The molecule has 0 bridgehead atoms. The van der Waals surface area contributed by atoms with Crippen LogP contribution in [0.4, 0.5) is 0 Å². The van der Waals surface area contributed by atoms with Crippen LogP contribution in [0.15, 0.2) is 16.7 Å². The van der Waals surface area contributed by atoms with Gasteiger partial charge >= 0.3 is 0 Å². The van der Waals surface area contributed by atoms with Crippen molar-refractivity contribution >= 4 is 11.6 Å². The second-order valence-electron chi connectivity index (χ2n) is 4.16. The minimum atomic E-state index is 0.260. The summed E-state index contributed by atoms with van der Waals surface area (Å²) in [6.07, 6.45) is 3.28. The highest BCUT2D eigenvalue weighted by molar-refractivity contribution is 6.31. The molecule has 2 aromatic rings. The molecule has 0 atom stereocenters. The zero-order valence-electron chi connectivity index (χ0n) is 9.24. The average Bonchev–Trinajstić information content (AvgIpc) is 2.95. The molecule has 5 heteroatoms. The maximum atomic E-state index is 6.11. The minimum Gasteiger partial charge on any atom is -0.338 e. The molecule has 1 aromatic carbocycles. The molecule has 2 N–H and O–H groups in total. The topological polar surface area (TPSA) is 64.9 Å². The van der Waals surface area contributed by atoms with Gasteiger partial charge in [-0.25, -0.2) is 0 Å². The van der Waals surface area contributed by atoms with E-state index in [1.807, 2.05) is 12.1 Å². The fourth-order valence-electron chi connectivity index (χ4n) is 2.31. The third-order valence-corrected chi connectivity index (χ3v) is 3.28. The molecule has 0 saturated heterocycles. The smallest absolute Gasteiger partial charge is 0.240 e. The number of halogens is 1. The molecule has 88 valence electrons. The highest BCUT2D eigenvalue weighted by Crippen LogP contribution is 2.33. The van der Waals surface area contributed by atoms with E-state index in [1.165, 1.54) is 11.1 Å². The summed E-state index contributed by atoms with van der Waals surface area (Å²) >= 11 is 6.11. The summed E-state index contributed by atoms with van der Waals surface area (Å²) in [5.41, 5.74) is 9.03. The zero-order valence-corrected chi connectivity index (χ0v) is 10.00. The predicted molar refractivity (Wildman–Crippen MR) is 64.7 cm³/mol. The number of aryl methyl sites for hydroxylation is 1. The van der Waals surface area contributed by atoms with Gasteiger partial charge in [0.05, 0.1) is 6.54 Å². The van der Waals surface area contributed by atoms with Crippen molar-refractivity contribution in [3.05, 3.63) is 34.2 Å². The molecule has 1 aliphatic rings. The Morgan fingerprint density at radius 2 is 2.24 bits per heavy atom. The first-order chi connectivity index (χ1) is 8.28. The molecule has 0 radical (unpaired) electrons. The molecule has 1 heterocycles. The van der Waals surface area contributed by atoms with E-state index in [4.69, 9.17) is 21.9 Å². The van der Waals surface area contributed by atoms with Gasteiger partial charge < -0.3 is 10.3 Å². The lowest BCUT2D eigenvalue weighted by atomic mass is 10.0. The fourth-order valence-corrected chi connectivity index (χ4v) is 2.55. The molecule has 0 fully saturated rings. The molecule has 17 heavy (non-hydrogen) atoms. The van der Waals surface area contributed by atoms with Crippen molar-refractivity contribution in [1.82, 2.24) is 10.1 Å². The Labute approximate surface area is 104 Å². The molecule has 0 spiro atoms. The molecule has 0 amide bonds. The lowest BCUT2D eigenvalue weighted by Gasteiger charge is -2.05. The molecule has 3 rings (SSSR count). The Morgan fingerprint density at radius 3 is 3.00 bits per heavy atom. The van der Waals surface area contributed by atoms with E-state index in [0.29, 0.717) is 11.7 Å². The SMILES string of the molecule is NCc1nc(-c2cc(Cl)cc3c2CCC3)no1. The van der Waals surface area contributed by atoms with Crippen LogP contribution in [0, 0.1) is 0 Å². The lowest BCUT2D eigenvalue weighted by molar-refractivity contribution is 0.380. The standard InChI is InChI=1S/C12H12ClN3O/c13-8-4-7-2-1-3-9(7)10(5-8)12-15-11(6-14)17-16-12/h4-5H,1-3,6,14H2. The van der Waals surface area contributed by atoms with E-state index < -0.39 is 0 Å². The van der Waals surface area contributed by atoms with Crippen LogP contribution in [0.1, 0.15) is 23.4 Å². The van der Waals surface area contributed by atoms with E-state index >= 15 is 0 Å². The summed E-state index contributed by atoms with van der Waals surface area (Å²) in [4.78, 5) is 4.26. The lowest BCUT2D eigenvalue weighted by Crippen LogP contribution is -1.96. The summed E-state index contributed by atoms with van der Waals surface area (Å²) in [5.74, 6) is 1.04. The summed E-state index contributed by atoms with van der Waals surface area (Å²) in [6.45, 7) is 0.260. The van der Waals surface area contributed by atoms with Crippen LogP contribution in [0.5, 0.6) is 0 Å². The maximum absolute atomic E-state index is 6.11. The van der Waals surface area contributed by atoms with Crippen molar-refractivity contribution in [1.29, 1.82) is 0 Å². The van der Waals surface area contributed by atoms with Crippen LogP contribution in [-0.2, 0) is 19.4 Å². The van der Waals surface area contributed by atoms with E-state index in [2.05, 4.69) is 10.1 Å². The number of nitrogens with zero attached hydrogens (tertiary/aromatic N) is 2. The largest absolute Gasteiger partial charge is 0.338 e. The number of nitrogens with two attached hydrogens (primary N) is 1. The highest BCUT2D eigenvalue weighted by Gasteiger charge is 2.19. The summed E-state index contributed by atoms with van der Waals surface area (Å²) < 4.78 is 5.04. The van der Waals surface area contributed by atoms with Gasteiger partial charge in [-0.2, -0.15) is 4.98 Å². The molecular formula is C12H12ClN3O. The molecule has 0 unspecified atom stereocenters. The molecule has 4 nitrogen and oxygen atoms in total. The molecular weight excluding hydrogens is 238 g/mol. The quantitative estimate of drug-likeness (QED) is 0.887. The normalized spacial score (nSPS) is 14.0. The Kier molecular flexibility index (Phi) is 2.61. The molecule has 1 aliphatic carbocycles. The van der Waals surface area contributed by atoms with Crippen LogP contribution < -0.4 is 5.73 Å². The fraction of sp³-hybridized carbons (Fsp3) is 0.333. The number of rotatable bonds is 2. The number of fused-ring (bicyclic) bond motifs is 1. The number of aromatic nitrogens is 2.